The summed E-state index contributed by atoms with van der Waals surface area (Å²) < 4.78 is 13.2. The first kappa shape index (κ1) is 19.3. The number of hydrazine groups is 1. The maximum atomic E-state index is 13.2. The van der Waals surface area contributed by atoms with Crippen LogP contribution in [0, 0.1) is 11.7 Å². The second kappa shape index (κ2) is 8.57. The average molecular weight is 403 g/mol. The third-order valence-electron chi connectivity index (χ3n) is 5.51. The number of rotatable bonds is 4. The highest BCUT2D eigenvalue weighted by molar-refractivity contribution is 6.30. The fraction of sp³-hybridized carbons (Fsp3) is 0.381. The van der Waals surface area contributed by atoms with E-state index in [9.17, 15) is 9.18 Å². The maximum absolute atomic E-state index is 13.2. The minimum Gasteiger partial charge on any atom is -0.340 e. The van der Waals surface area contributed by atoms with E-state index in [0.29, 0.717) is 19.6 Å². The van der Waals surface area contributed by atoms with E-state index in [-0.39, 0.29) is 23.7 Å². The van der Waals surface area contributed by atoms with Gasteiger partial charge in [-0.25, -0.2) is 9.82 Å². The molecule has 4 rings (SSSR count). The molecule has 0 radical (unpaired) electrons. The van der Waals surface area contributed by atoms with Gasteiger partial charge in [0.2, 0.25) is 5.91 Å². The molecule has 28 heavy (non-hydrogen) atoms. The molecule has 2 aromatic rings. The zero-order chi connectivity index (χ0) is 19.5. The van der Waals surface area contributed by atoms with Crippen molar-refractivity contribution in [3.63, 3.8) is 0 Å². The van der Waals surface area contributed by atoms with E-state index in [1.54, 1.807) is 12.1 Å². The highest BCUT2D eigenvalue weighted by Crippen LogP contribution is 2.27. The van der Waals surface area contributed by atoms with Gasteiger partial charge < -0.3 is 4.90 Å². The monoisotopic (exact) mass is 402 g/mol. The molecule has 0 aliphatic carbocycles. The molecular formula is C21H24ClFN4O. The Morgan fingerprint density at radius 3 is 2.57 bits per heavy atom. The van der Waals surface area contributed by atoms with Crippen LogP contribution in [0.2, 0.25) is 5.02 Å². The number of nitrogens with zero attached hydrogens (tertiary/aromatic N) is 2. The van der Waals surface area contributed by atoms with Gasteiger partial charge in [-0.2, -0.15) is 0 Å². The molecule has 5 nitrogen and oxygen atoms in total. The molecule has 2 unspecified atom stereocenters. The first-order valence-corrected chi connectivity index (χ1v) is 9.97. The lowest BCUT2D eigenvalue weighted by atomic mass is 9.93. The van der Waals surface area contributed by atoms with E-state index >= 15 is 0 Å². The number of piperazine rings is 1. The number of halogens is 2. The number of benzene rings is 2. The highest BCUT2D eigenvalue weighted by atomic mass is 35.5. The van der Waals surface area contributed by atoms with Crippen molar-refractivity contribution in [1.82, 2.24) is 20.7 Å². The van der Waals surface area contributed by atoms with Gasteiger partial charge in [-0.3, -0.25) is 15.1 Å². The molecule has 2 fully saturated rings. The maximum Gasteiger partial charge on any atom is 0.229 e. The second-order valence-corrected chi connectivity index (χ2v) is 7.83. The molecule has 148 valence electrons. The summed E-state index contributed by atoms with van der Waals surface area (Å²) in [6.45, 7) is 4.52. The number of hydrogen-bond acceptors (Lipinski definition) is 4. The van der Waals surface area contributed by atoms with Crippen LogP contribution < -0.4 is 10.9 Å². The quantitative estimate of drug-likeness (QED) is 0.825. The molecular weight excluding hydrogens is 379 g/mol. The Balaban J connectivity index is 1.35. The lowest BCUT2D eigenvalue weighted by molar-refractivity contribution is -0.137. The lowest BCUT2D eigenvalue weighted by Gasteiger charge is -2.36. The number of carbonyl (C=O) groups excluding carboxylic acids is 1. The van der Waals surface area contributed by atoms with Crippen molar-refractivity contribution in [3.05, 3.63) is 70.5 Å². The predicted octanol–water partition coefficient (Wildman–Crippen LogP) is 2.59. The Labute approximate surface area is 169 Å². The minimum atomic E-state index is -0.270. The van der Waals surface area contributed by atoms with Crippen LogP contribution in [0.15, 0.2) is 48.5 Å². The SMILES string of the molecule is O=C(C1CNNC1c1ccc(F)cc1)N1CCN(Cc2cccc(Cl)c2)CC1. The van der Waals surface area contributed by atoms with Crippen molar-refractivity contribution in [2.75, 3.05) is 32.7 Å². The average Bonchev–Trinajstić information content (AvgIpc) is 3.18. The molecule has 0 saturated carbocycles. The molecule has 7 heteroatoms. The summed E-state index contributed by atoms with van der Waals surface area (Å²) in [4.78, 5) is 17.4. The van der Waals surface area contributed by atoms with E-state index in [4.69, 9.17) is 11.6 Å². The summed E-state index contributed by atoms with van der Waals surface area (Å²) in [5.41, 5.74) is 8.36. The number of nitrogens with one attached hydrogen (secondary N) is 2. The molecule has 2 aliphatic heterocycles. The number of carbonyl (C=O) groups is 1. The zero-order valence-corrected chi connectivity index (χ0v) is 16.3. The summed E-state index contributed by atoms with van der Waals surface area (Å²) in [5, 5.41) is 0.749. The van der Waals surface area contributed by atoms with Crippen LogP contribution in [0.4, 0.5) is 4.39 Å². The molecule has 1 amide bonds. The normalized spacial score (nSPS) is 23.1. The van der Waals surface area contributed by atoms with Crippen molar-refractivity contribution in [2.45, 2.75) is 12.6 Å². The van der Waals surface area contributed by atoms with Crippen LogP contribution >= 0.6 is 11.6 Å². The molecule has 2 aromatic carbocycles. The fourth-order valence-corrected chi connectivity index (χ4v) is 4.18. The van der Waals surface area contributed by atoms with Gasteiger partial charge in [-0.15, -0.1) is 0 Å². The van der Waals surface area contributed by atoms with E-state index < -0.39 is 0 Å². The first-order chi connectivity index (χ1) is 13.6. The molecule has 0 spiro atoms. The van der Waals surface area contributed by atoms with E-state index in [2.05, 4.69) is 21.8 Å². The molecule has 2 heterocycles. The molecule has 2 atom stereocenters. The summed E-state index contributed by atoms with van der Waals surface area (Å²) in [7, 11) is 0. The van der Waals surface area contributed by atoms with Crippen LogP contribution in [-0.4, -0.2) is 48.4 Å². The Kier molecular flexibility index (Phi) is 5.92. The smallest absolute Gasteiger partial charge is 0.229 e. The van der Waals surface area contributed by atoms with E-state index in [0.717, 1.165) is 30.2 Å². The third kappa shape index (κ3) is 4.36. The van der Waals surface area contributed by atoms with Gasteiger partial charge >= 0.3 is 0 Å². The van der Waals surface area contributed by atoms with Crippen molar-refractivity contribution in [2.24, 2.45) is 5.92 Å². The first-order valence-electron chi connectivity index (χ1n) is 9.59. The van der Waals surface area contributed by atoms with Gasteiger partial charge in [-0.1, -0.05) is 35.9 Å². The third-order valence-corrected chi connectivity index (χ3v) is 5.74. The van der Waals surface area contributed by atoms with Gasteiger partial charge in [0.25, 0.3) is 0 Å². The molecule has 0 aromatic heterocycles. The topological polar surface area (TPSA) is 47.6 Å². The summed E-state index contributed by atoms with van der Waals surface area (Å²) >= 11 is 6.07. The number of hydrogen-bond donors (Lipinski definition) is 2. The van der Waals surface area contributed by atoms with Crippen LogP contribution in [0.25, 0.3) is 0 Å². The summed E-state index contributed by atoms with van der Waals surface area (Å²) in [5.74, 6) is -0.312. The van der Waals surface area contributed by atoms with Crippen molar-refractivity contribution in [1.29, 1.82) is 0 Å². The highest BCUT2D eigenvalue weighted by Gasteiger charge is 2.37. The Morgan fingerprint density at radius 2 is 1.86 bits per heavy atom. The summed E-state index contributed by atoms with van der Waals surface area (Å²) in [6.07, 6.45) is 0. The Bertz CT molecular complexity index is 823. The Morgan fingerprint density at radius 1 is 1.11 bits per heavy atom. The van der Waals surface area contributed by atoms with Gasteiger partial charge in [0.15, 0.2) is 0 Å². The fourth-order valence-electron chi connectivity index (χ4n) is 3.97. The summed E-state index contributed by atoms with van der Waals surface area (Å²) in [6, 6.07) is 14.1. The van der Waals surface area contributed by atoms with Crippen molar-refractivity contribution < 1.29 is 9.18 Å². The van der Waals surface area contributed by atoms with Gasteiger partial charge in [0.1, 0.15) is 5.82 Å². The van der Waals surface area contributed by atoms with Crippen LogP contribution in [0.1, 0.15) is 17.2 Å². The van der Waals surface area contributed by atoms with Crippen LogP contribution in [-0.2, 0) is 11.3 Å². The predicted molar refractivity (Wildman–Crippen MR) is 107 cm³/mol. The number of amides is 1. The zero-order valence-electron chi connectivity index (χ0n) is 15.6. The lowest BCUT2D eigenvalue weighted by Crippen LogP contribution is -2.50. The van der Waals surface area contributed by atoms with Gasteiger partial charge in [0, 0.05) is 44.3 Å². The van der Waals surface area contributed by atoms with Gasteiger partial charge in [-0.05, 0) is 35.4 Å². The minimum absolute atomic E-state index is 0.141. The van der Waals surface area contributed by atoms with Crippen LogP contribution in [0.5, 0.6) is 0 Å². The molecule has 2 saturated heterocycles. The van der Waals surface area contributed by atoms with Crippen molar-refractivity contribution in [3.8, 4) is 0 Å². The van der Waals surface area contributed by atoms with E-state index in [1.165, 1.54) is 17.7 Å². The standard InChI is InChI=1S/C21H24ClFN4O/c22-17-3-1-2-15(12-17)14-26-8-10-27(11-9-26)21(28)19-13-24-25-20(19)16-4-6-18(23)7-5-16/h1-7,12,19-20,24-25H,8-11,13-14H2. The Hall–Kier alpha value is -1.99. The van der Waals surface area contributed by atoms with Crippen LogP contribution in [0.3, 0.4) is 0 Å². The van der Waals surface area contributed by atoms with Gasteiger partial charge in [0.05, 0.1) is 12.0 Å². The molecule has 2 aliphatic rings. The molecule has 2 N–H and O–H groups in total. The second-order valence-electron chi connectivity index (χ2n) is 7.39. The van der Waals surface area contributed by atoms with Crippen molar-refractivity contribution >= 4 is 17.5 Å². The largest absolute Gasteiger partial charge is 0.340 e. The van der Waals surface area contributed by atoms with E-state index in [1.807, 2.05) is 23.1 Å². The molecule has 0 bridgehead atoms.